The molecule has 0 fully saturated rings. The van der Waals surface area contributed by atoms with Crippen molar-refractivity contribution in [2.24, 2.45) is 0 Å². The third kappa shape index (κ3) is 3.57. The summed E-state index contributed by atoms with van der Waals surface area (Å²) in [5.41, 5.74) is -0.0333. The molecule has 7 heteroatoms. The molecule has 20 heavy (non-hydrogen) atoms. The maximum atomic E-state index is 12.1. The SMILES string of the molecule is CC[C@H](NC(=O)c1ccccc1S(=O)(=O)CC)C(=O)O. The predicted octanol–water partition coefficient (Wildman–Crippen LogP) is 1.07. The van der Waals surface area contributed by atoms with Crippen LogP contribution in [0.25, 0.3) is 0 Å². The van der Waals surface area contributed by atoms with Crippen LogP contribution in [0.1, 0.15) is 30.6 Å². The Balaban J connectivity index is 3.15. The summed E-state index contributed by atoms with van der Waals surface area (Å²) in [5, 5.41) is 11.2. The Bertz CT molecular complexity index is 609. The highest BCUT2D eigenvalue weighted by atomic mass is 32.2. The summed E-state index contributed by atoms with van der Waals surface area (Å²) >= 11 is 0. The molecule has 0 bridgehead atoms. The van der Waals surface area contributed by atoms with E-state index in [2.05, 4.69) is 5.32 Å². The van der Waals surface area contributed by atoms with Gasteiger partial charge in [0, 0.05) is 0 Å². The minimum absolute atomic E-state index is 0.0333. The van der Waals surface area contributed by atoms with Crippen LogP contribution in [-0.4, -0.2) is 37.2 Å². The fraction of sp³-hybridized carbons (Fsp3) is 0.385. The smallest absolute Gasteiger partial charge is 0.326 e. The molecule has 0 aliphatic carbocycles. The van der Waals surface area contributed by atoms with Crippen molar-refractivity contribution in [1.29, 1.82) is 0 Å². The van der Waals surface area contributed by atoms with E-state index >= 15 is 0 Å². The van der Waals surface area contributed by atoms with Crippen LogP contribution in [0.15, 0.2) is 29.2 Å². The zero-order chi connectivity index (χ0) is 15.3. The summed E-state index contributed by atoms with van der Waals surface area (Å²) in [7, 11) is -3.54. The van der Waals surface area contributed by atoms with E-state index in [0.29, 0.717) is 0 Å². The average Bonchev–Trinajstić information content (AvgIpc) is 2.44. The van der Waals surface area contributed by atoms with Crippen LogP contribution in [0.3, 0.4) is 0 Å². The van der Waals surface area contributed by atoms with Crippen LogP contribution >= 0.6 is 0 Å². The molecule has 0 saturated carbocycles. The van der Waals surface area contributed by atoms with Crippen molar-refractivity contribution in [2.45, 2.75) is 31.2 Å². The fourth-order valence-electron chi connectivity index (χ4n) is 1.66. The van der Waals surface area contributed by atoms with E-state index in [1.54, 1.807) is 6.92 Å². The van der Waals surface area contributed by atoms with Gasteiger partial charge in [-0.3, -0.25) is 4.79 Å². The highest BCUT2D eigenvalue weighted by molar-refractivity contribution is 7.91. The van der Waals surface area contributed by atoms with Crippen molar-refractivity contribution in [3.63, 3.8) is 0 Å². The van der Waals surface area contributed by atoms with Crippen LogP contribution in [0, 0.1) is 0 Å². The summed E-state index contributed by atoms with van der Waals surface area (Å²) < 4.78 is 23.8. The van der Waals surface area contributed by atoms with Crippen molar-refractivity contribution >= 4 is 21.7 Å². The van der Waals surface area contributed by atoms with E-state index in [-0.39, 0.29) is 22.6 Å². The van der Waals surface area contributed by atoms with Crippen molar-refractivity contribution in [1.82, 2.24) is 5.32 Å². The number of aliphatic carboxylic acids is 1. The van der Waals surface area contributed by atoms with Crippen LogP contribution in [0.5, 0.6) is 0 Å². The molecule has 2 N–H and O–H groups in total. The second-order valence-corrected chi connectivity index (χ2v) is 6.42. The van der Waals surface area contributed by atoms with Crippen LogP contribution in [0.4, 0.5) is 0 Å². The first-order chi connectivity index (χ1) is 9.33. The number of amides is 1. The number of carboxylic acids is 1. The van der Waals surface area contributed by atoms with E-state index in [1.807, 2.05) is 0 Å². The minimum atomic E-state index is -3.54. The molecule has 1 atom stereocenters. The molecule has 1 rings (SSSR count). The molecule has 1 aromatic rings. The van der Waals surface area contributed by atoms with Gasteiger partial charge in [0.05, 0.1) is 16.2 Å². The normalized spacial score (nSPS) is 12.7. The van der Waals surface area contributed by atoms with Crippen molar-refractivity contribution in [2.75, 3.05) is 5.75 Å². The van der Waals surface area contributed by atoms with Gasteiger partial charge in [-0.25, -0.2) is 13.2 Å². The number of carboxylic acid groups (broad SMARTS) is 1. The number of nitrogens with one attached hydrogen (secondary N) is 1. The van der Waals surface area contributed by atoms with Crippen LogP contribution < -0.4 is 5.32 Å². The predicted molar refractivity (Wildman–Crippen MR) is 73.3 cm³/mol. The van der Waals surface area contributed by atoms with Gasteiger partial charge in [0.15, 0.2) is 9.84 Å². The molecule has 6 nitrogen and oxygen atoms in total. The number of benzene rings is 1. The first-order valence-corrected chi connectivity index (χ1v) is 7.84. The summed E-state index contributed by atoms with van der Waals surface area (Å²) in [6.07, 6.45) is 0.212. The topological polar surface area (TPSA) is 101 Å². The quantitative estimate of drug-likeness (QED) is 0.818. The lowest BCUT2D eigenvalue weighted by molar-refractivity contribution is -0.139. The van der Waals surface area contributed by atoms with Crippen molar-refractivity contribution in [3.8, 4) is 0 Å². The van der Waals surface area contributed by atoms with Crippen LogP contribution in [0.2, 0.25) is 0 Å². The van der Waals surface area contributed by atoms with Gasteiger partial charge in [-0.15, -0.1) is 0 Å². The molecule has 110 valence electrons. The van der Waals surface area contributed by atoms with E-state index in [9.17, 15) is 18.0 Å². The first-order valence-electron chi connectivity index (χ1n) is 6.19. The number of sulfone groups is 1. The van der Waals surface area contributed by atoms with Crippen molar-refractivity contribution < 1.29 is 23.1 Å². The van der Waals surface area contributed by atoms with Crippen molar-refractivity contribution in [3.05, 3.63) is 29.8 Å². The maximum absolute atomic E-state index is 12.1. The highest BCUT2D eigenvalue weighted by Gasteiger charge is 2.24. The van der Waals surface area contributed by atoms with Gasteiger partial charge < -0.3 is 10.4 Å². The van der Waals surface area contributed by atoms with E-state index in [0.717, 1.165) is 0 Å². The Labute approximate surface area is 117 Å². The maximum Gasteiger partial charge on any atom is 0.326 e. The summed E-state index contributed by atoms with van der Waals surface area (Å²) in [4.78, 5) is 22.9. The lowest BCUT2D eigenvalue weighted by Gasteiger charge is -2.14. The highest BCUT2D eigenvalue weighted by Crippen LogP contribution is 2.17. The zero-order valence-corrected chi connectivity index (χ0v) is 12.1. The molecule has 0 radical (unpaired) electrons. The molecule has 1 amide bonds. The number of rotatable bonds is 6. The third-order valence-electron chi connectivity index (χ3n) is 2.86. The molecular formula is C13H17NO5S. The van der Waals surface area contributed by atoms with Gasteiger partial charge in [-0.2, -0.15) is 0 Å². The average molecular weight is 299 g/mol. The Kier molecular flexibility index (Phi) is 5.26. The van der Waals surface area contributed by atoms with Gasteiger partial charge in [-0.1, -0.05) is 26.0 Å². The molecule has 0 aromatic heterocycles. The monoisotopic (exact) mass is 299 g/mol. The Morgan fingerprint density at radius 1 is 1.25 bits per heavy atom. The first kappa shape index (κ1) is 16.2. The largest absolute Gasteiger partial charge is 0.480 e. The minimum Gasteiger partial charge on any atom is -0.480 e. The Morgan fingerprint density at radius 3 is 2.35 bits per heavy atom. The molecule has 0 unspecified atom stereocenters. The fourth-order valence-corrected chi connectivity index (χ4v) is 2.75. The standard InChI is InChI=1S/C13H17NO5S/c1-3-10(13(16)17)14-12(15)9-7-5-6-8-11(9)20(18,19)4-2/h5-8,10H,3-4H2,1-2H3,(H,14,15)(H,16,17)/t10-/m0/s1. The number of hydrogen-bond donors (Lipinski definition) is 2. The summed E-state index contributed by atoms with van der Waals surface area (Å²) in [6, 6.07) is 4.72. The second-order valence-electron chi connectivity index (χ2n) is 4.17. The molecule has 0 aliphatic heterocycles. The third-order valence-corrected chi connectivity index (χ3v) is 4.64. The van der Waals surface area contributed by atoms with E-state index in [4.69, 9.17) is 5.11 Å². The van der Waals surface area contributed by atoms with Crippen LogP contribution in [-0.2, 0) is 14.6 Å². The molecule has 0 heterocycles. The lowest BCUT2D eigenvalue weighted by atomic mass is 10.1. The van der Waals surface area contributed by atoms with Gasteiger partial charge >= 0.3 is 5.97 Å². The van der Waals surface area contributed by atoms with Gasteiger partial charge in [0.1, 0.15) is 6.04 Å². The lowest BCUT2D eigenvalue weighted by Crippen LogP contribution is -2.40. The van der Waals surface area contributed by atoms with E-state index < -0.39 is 27.8 Å². The van der Waals surface area contributed by atoms with Gasteiger partial charge in [0.2, 0.25) is 0 Å². The Morgan fingerprint density at radius 2 is 1.85 bits per heavy atom. The number of hydrogen-bond acceptors (Lipinski definition) is 4. The molecular weight excluding hydrogens is 282 g/mol. The Hall–Kier alpha value is -1.89. The number of carbonyl (C=O) groups is 2. The van der Waals surface area contributed by atoms with E-state index in [1.165, 1.54) is 31.2 Å². The second kappa shape index (κ2) is 6.51. The number of carbonyl (C=O) groups excluding carboxylic acids is 1. The molecule has 1 aromatic carbocycles. The summed E-state index contributed by atoms with van der Waals surface area (Å²) in [5.74, 6) is -1.99. The zero-order valence-electron chi connectivity index (χ0n) is 11.3. The molecule has 0 saturated heterocycles. The molecule has 0 spiro atoms. The van der Waals surface area contributed by atoms with Gasteiger partial charge in [-0.05, 0) is 18.6 Å². The van der Waals surface area contributed by atoms with Gasteiger partial charge in [0.25, 0.3) is 5.91 Å². The molecule has 0 aliphatic rings. The summed E-state index contributed by atoms with van der Waals surface area (Å²) in [6.45, 7) is 3.10.